The van der Waals surface area contributed by atoms with Gasteiger partial charge in [0.25, 0.3) is 0 Å². The minimum Gasteiger partial charge on any atom is -0.308 e. The fourth-order valence-electron chi connectivity index (χ4n) is 1.18. The topological polar surface area (TPSA) is 76.7 Å². The number of rotatable bonds is 2. The predicted octanol–water partition coefficient (Wildman–Crippen LogP) is 1.13. The normalized spacial score (nSPS) is 10.0. The molecule has 0 atom stereocenters. The van der Waals surface area contributed by atoms with Gasteiger partial charge in [0.05, 0.1) is 0 Å². The Kier molecular flexibility index (Phi) is 2.55. The summed E-state index contributed by atoms with van der Waals surface area (Å²) in [6.45, 7) is 1.93. The summed E-state index contributed by atoms with van der Waals surface area (Å²) >= 11 is 0. The van der Waals surface area contributed by atoms with Gasteiger partial charge in [-0.2, -0.15) is 0 Å². The van der Waals surface area contributed by atoms with Gasteiger partial charge in [-0.25, -0.2) is 15.8 Å². The highest BCUT2D eigenvalue weighted by Crippen LogP contribution is 2.14. The molecule has 0 aromatic carbocycles. The van der Waals surface area contributed by atoms with Crippen molar-refractivity contribution in [3.63, 3.8) is 0 Å². The zero-order valence-corrected chi connectivity index (χ0v) is 8.31. The maximum atomic E-state index is 5.26. The predicted molar refractivity (Wildman–Crippen MR) is 57.8 cm³/mol. The van der Waals surface area contributed by atoms with Crippen molar-refractivity contribution < 1.29 is 0 Å². The molecule has 5 nitrogen and oxygen atoms in total. The van der Waals surface area contributed by atoms with Gasteiger partial charge in [0.2, 0.25) is 0 Å². The first-order valence-corrected chi connectivity index (χ1v) is 4.52. The van der Waals surface area contributed by atoms with Gasteiger partial charge in [0.15, 0.2) is 5.82 Å². The molecule has 2 heterocycles. The smallest absolute Gasteiger partial charge is 0.163 e. The molecule has 0 aliphatic heterocycles. The molecule has 2 aromatic rings. The zero-order valence-electron chi connectivity index (χ0n) is 8.31. The Morgan fingerprint density at radius 2 is 2.07 bits per heavy atom. The number of hydrazine groups is 1. The summed E-state index contributed by atoms with van der Waals surface area (Å²) in [6, 6.07) is 5.55. The zero-order chi connectivity index (χ0) is 10.7. The molecule has 0 unspecified atom stereocenters. The van der Waals surface area contributed by atoms with Gasteiger partial charge >= 0.3 is 0 Å². The molecule has 0 aliphatic carbocycles. The Bertz CT molecular complexity index is 452. The van der Waals surface area contributed by atoms with E-state index in [1.165, 1.54) is 0 Å². The van der Waals surface area contributed by atoms with Gasteiger partial charge in [-0.3, -0.25) is 4.98 Å². The molecule has 0 saturated heterocycles. The fraction of sp³-hybridized carbons (Fsp3) is 0.100. The number of aromatic nitrogens is 3. The van der Waals surface area contributed by atoms with Crippen molar-refractivity contribution in [1.29, 1.82) is 0 Å². The van der Waals surface area contributed by atoms with E-state index in [0.717, 1.165) is 11.3 Å². The van der Waals surface area contributed by atoms with Crippen molar-refractivity contribution in [2.75, 3.05) is 5.43 Å². The summed E-state index contributed by atoms with van der Waals surface area (Å²) < 4.78 is 0. The minimum atomic E-state index is 0.584. The highest BCUT2D eigenvalue weighted by Gasteiger charge is 2.01. The maximum absolute atomic E-state index is 5.26. The second-order valence-corrected chi connectivity index (χ2v) is 3.10. The summed E-state index contributed by atoms with van der Waals surface area (Å²) in [5, 5.41) is 0. The molecule has 3 N–H and O–H groups in total. The largest absolute Gasteiger partial charge is 0.308 e. The Morgan fingerprint density at radius 3 is 2.73 bits per heavy atom. The molecule has 0 fully saturated rings. The molecule has 76 valence electrons. The second kappa shape index (κ2) is 4.02. The van der Waals surface area contributed by atoms with Crippen LogP contribution in [0.25, 0.3) is 11.4 Å². The number of hydrogen-bond acceptors (Lipinski definition) is 5. The van der Waals surface area contributed by atoms with Gasteiger partial charge in [-0.15, -0.1) is 0 Å². The van der Waals surface area contributed by atoms with Crippen LogP contribution in [0.5, 0.6) is 0 Å². The number of anilines is 1. The van der Waals surface area contributed by atoms with Crippen LogP contribution in [-0.4, -0.2) is 15.0 Å². The molecule has 2 aromatic heterocycles. The molecule has 0 amide bonds. The van der Waals surface area contributed by atoms with Crippen LogP contribution in [0.15, 0.2) is 30.6 Å². The quantitative estimate of drug-likeness (QED) is 0.562. The molecule has 2 rings (SSSR count). The molecule has 0 bridgehead atoms. The average molecular weight is 201 g/mol. The highest BCUT2D eigenvalue weighted by molar-refractivity contribution is 5.55. The fourth-order valence-corrected chi connectivity index (χ4v) is 1.18. The van der Waals surface area contributed by atoms with Crippen LogP contribution in [0.2, 0.25) is 0 Å². The van der Waals surface area contributed by atoms with Gasteiger partial charge < -0.3 is 5.43 Å². The van der Waals surface area contributed by atoms with E-state index in [4.69, 9.17) is 5.84 Å². The van der Waals surface area contributed by atoms with Crippen molar-refractivity contribution in [2.45, 2.75) is 6.92 Å². The average Bonchev–Trinajstić information content (AvgIpc) is 2.30. The summed E-state index contributed by atoms with van der Waals surface area (Å²) in [7, 11) is 0. The molecule has 0 radical (unpaired) electrons. The van der Waals surface area contributed by atoms with Crippen LogP contribution < -0.4 is 11.3 Å². The maximum Gasteiger partial charge on any atom is 0.163 e. The van der Waals surface area contributed by atoms with E-state index in [1.807, 2.05) is 19.1 Å². The number of hydrogen-bond donors (Lipinski definition) is 2. The monoisotopic (exact) mass is 201 g/mol. The third-order valence-electron chi connectivity index (χ3n) is 1.97. The molecule has 0 saturated carbocycles. The van der Waals surface area contributed by atoms with Crippen LogP contribution in [0, 0.1) is 6.92 Å². The summed E-state index contributed by atoms with van der Waals surface area (Å²) in [5.74, 6) is 6.46. The highest BCUT2D eigenvalue weighted by atomic mass is 15.3. The number of nitrogens with zero attached hydrogens (tertiary/aromatic N) is 3. The Labute approximate surface area is 87.4 Å². The molecule has 15 heavy (non-hydrogen) atoms. The third-order valence-corrected chi connectivity index (χ3v) is 1.97. The first-order chi connectivity index (χ1) is 7.29. The summed E-state index contributed by atoms with van der Waals surface area (Å²) in [5.41, 5.74) is 4.31. The molecular weight excluding hydrogens is 190 g/mol. The van der Waals surface area contributed by atoms with E-state index in [2.05, 4.69) is 20.4 Å². The van der Waals surface area contributed by atoms with E-state index >= 15 is 0 Å². The standard InChI is InChI=1S/C10H11N5/c1-7-2-3-8(6-13-7)10-12-5-4-9(14-10)15-11/h2-6H,11H2,1H3,(H,12,14,15). The van der Waals surface area contributed by atoms with Gasteiger partial charge in [0.1, 0.15) is 5.82 Å². The Balaban J connectivity index is 2.40. The SMILES string of the molecule is Cc1ccc(-c2nccc(NN)n2)cn1. The van der Waals surface area contributed by atoms with E-state index in [0.29, 0.717) is 11.6 Å². The van der Waals surface area contributed by atoms with E-state index < -0.39 is 0 Å². The second-order valence-electron chi connectivity index (χ2n) is 3.10. The van der Waals surface area contributed by atoms with Crippen LogP contribution in [0.3, 0.4) is 0 Å². The Morgan fingerprint density at radius 1 is 1.20 bits per heavy atom. The van der Waals surface area contributed by atoms with Crippen LogP contribution >= 0.6 is 0 Å². The van der Waals surface area contributed by atoms with E-state index in [-0.39, 0.29) is 0 Å². The van der Waals surface area contributed by atoms with Gasteiger partial charge in [-0.1, -0.05) is 0 Å². The van der Waals surface area contributed by atoms with Crippen LogP contribution in [-0.2, 0) is 0 Å². The van der Waals surface area contributed by atoms with Crippen LogP contribution in [0.4, 0.5) is 5.82 Å². The molecule has 0 spiro atoms. The van der Waals surface area contributed by atoms with Gasteiger partial charge in [-0.05, 0) is 19.1 Å². The lowest BCUT2D eigenvalue weighted by molar-refractivity contribution is 1.13. The van der Waals surface area contributed by atoms with Crippen molar-refractivity contribution in [3.05, 3.63) is 36.3 Å². The van der Waals surface area contributed by atoms with Crippen molar-refractivity contribution in [2.24, 2.45) is 5.84 Å². The first-order valence-electron chi connectivity index (χ1n) is 4.52. The van der Waals surface area contributed by atoms with Gasteiger partial charge in [0, 0.05) is 29.7 Å². The lowest BCUT2D eigenvalue weighted by atomic mass is 10.2. The van der Waals surface area contributed by atoms with Crippen molar-refractivity contribution in [3.8, 4) is 11.4 Å². The number of nitrogens with one attached hydrogen (secondary N) is 1. The van der Waals surface area contributed by atoms with Crippen molar-refractivity contribution >= 4 is 5.82 Å². The van der Waals surface area contributed by atoms with Crippen LogP contribution in [0.1, 0.15) is 5.69 Å². The molecule has 0 aliphatic rings. The molecule has 5 heteroatoms. The summed E-state index contributed by atoms with van der Waals surface area (Å²) in [4.78, 5) is 12.5. The third kappa shape index (κ3) is 2.08. The first kappa shape index (κ1) is 9.54. The van der Waals surface area contributed by atoms with E-state index in [1.54, 1.807) is 18.5 Å². The number of pyridine rings is 1. The lowest BCUT2D eigenvalue weighted by Crippen LogP contribution is -2.09. The Hall–Kier alpha value is -2.01. The van der Waals surface area contributed by atoms with Crippen molar-refractivity contribution in [1.82, 2.24) is 15.0 Å². The number of nitrogens with two attached hydrogens (primary N) is 1. The number of aryl methyl sites for hydroxylation is 1. The summed E-state index contributed by atoms with van der Waals surface area (Å²) in [6.07, 6.45) is 3.39. The molecular formula is C10H11N5. The lowest BCUT2D eigenvalue weighted by Gasteiger charge is -2.02. The number of nitrogen functional groups attached to an aromatic ring is 1. The van der Waals surface area contributed by atoms with E-state index in [9.17, 15) is 0 Å². The minimum absolute atomic E-state index is 0.584.